The lowest BCUT2D eigenvalue weighted by atomic mass is 10.1. The largest absolute Gasteiger partial charge is 0.380 e. The Morgan fingerprint density at radius 2 is 1.85 bits per heavy atom. The van der Waals surface area contributed by atoms with Crippen molar-refractivity contribution in [2.24, 2.45) is 0 Å². The van der Waals surface area contributed by atoms with Crippen LogP contribution in [0.1, 0.15) is 13.8 Å². The van der Waals surface area contributed by atoms with Crippen LogP contribution in [0.25, 0.3) is 22.4 Å². The third-order valence-electron chi connectivity index (χ3n) is 2.57. The second-order valence-corrected chi connectivity index (χ2v) is 3.74. The molecule has 3 rings (SSSR count). The van der Waals surface area contributed by atoms with E-state index in [0.717, 1.165) is 6.07 Å². The quantitative estimate of drug-likeness (QED) is 0.735. The Morgan fingerprint density at radius 3 is 2.55 bits per heavy atom. The molecule has 1 aromatic carbocycles. The van der Waals surface area contributed by atoms with E-state index in [2.05, 4.69) is 10.1 Å². The molecular weight excluding hydrogens is 264 g/mol. The summed E-state index contributed by atoms with van der Waals surface area (Å²) in [6, 6.07) is 6.49. The van der Waals surface area contributed by atoms with Crippen LogP contribution in [0.15, 0.2) is 34.9 Å². The molecule has 3 aromatic rings. The minimum absolute atomic E-state index is 0.188. The van der Waals surface area contributed by atoms with Crippen molar-refractivity contribution in [2.75, 3.05) is 5.73 Å². The number of halogens is 2. The monoisotopic (exact) mass is 277 g/mol. The summed E-state index contributed by atoms with van der Waals surface area (Å²) < 4.78 is 31.3. The van der Waals surface area contributed by atoms with E-state index in [4.69, 9.17) is 10.3 Å². The van der Waals surface area contributed by atoms with Crippen LogP contribution in [0.3, 0.4) is 0 Å². The average Bonchev–Trinajstić information content (AvgIpc) is 2.82. The molecule has 0 radical (unpaired) electrons. The van der Waals surface area contributed by atoms with Gasteiger partial charge < -0.3 is 10.3 Å². The van der Waals surface area contributed by atoms with E-state index in [1.807, 2.05) is 13.8 Å². The number of aromatic nitrogens is 2. The molecule has 104 valence electrons. The number of hydrogen-bond acceptors (Lipinski definition) is 4. The van der Waals surface area contributed by atoms with Crippen LogP contribution in [0.4, 0.5) is 14.6 Å². The third-order valence-corrected chi connectivity index (χ3v) is 2.57. The van der Waals surface area contributed by atoms with Gasteiger partial charge in [0.15, 0.2) is 5.82 Å². The Bertz CT molecular complexity index is 740. The molecule has 0 amide bonds. The van der Waals surface area contributed by atoms with Crippen LogP contribution < -0.4 is 5.73 Å². The van der Waals surface area contributed by atoms with Gasteiger partial charge in [0, 0.05) is 11.6 Å². The predicted molar refractivity (Wildman–Crippen MR) is 72.9 cm³/mol. The summed E-state index contributed by atoms with van der Waals surface area (Å²) in [6.07, 6.45) is 0. The SMILES string of the molecule is CC.Nc1noc2nc(-c3ccc(F)cc3F)ccc12. The van der Waals surface area contributed by atoms with Gasteiger partial charge in [-0.3, -0.25) is 0 Å². The highest BCUT2D eigenvalue weighted by Gasteiger charge is 2.11. The Kier molecular flexibility index (Phi) is 3.93. The van der Waals surface area contributed by atoms with Gasteiger partial charge in [-0.2, -0.15) is 0 Å². The highest BCUT2D eigenvalue weighted by molar-refractivity contribution is 5.85. The number of nitrogens with zero attached hydrogens (tertiary/aromatic N) is 2. The predicted octanol–water partition coefficient (Wildman–Crippen LogP) is 3.78. The van der Waals surface area contributed by atoms with Crippen LogP contribution in [-0.2, 0) is 0 Å². The van der Waals surface area contributed by atoms with E-state index in [1.165, 1.54) is 12.1 Å². The van der Waals surface area contributed by atoms with Crippen LogP contribution in [0.5, 0.6) is 0 Å². The molecule has 0 saturated heterocycles. The maximum absolute atomic E-state index is 13.6. The number of nitrogen functional groups attached to an aromatic ring is 1. The van der Waals surface area contributed by atoms with Gasteiger partial charge in [0.05, 0.1) is 11.1 Å². The molecule has 0 fully saturated rings. The van der Waals surface area contributed by atoms with E-state index < -0.39 is 11.6 Å². The maximum atomic E-state index is 13.6. The molecule has 2 N–H and O–H groups in total. The number of rotatable bonds is 1. The minimum Gasteiger partial charge on any atom is -0.380 e. The first-order chi connectivity index (χ1) is 9.65. The number of pyridine rings is 1. The van der Waals surface area contributed by atoms with Crippen molar-refractivity contribution in [3.05, 3.63) is 42.0 Å². The Balaban J connectivity index is 0.000000704. The zero-order valence-corrected chi connectivity index (χ0v) is 11.0. The second-order valence-electron chi connectivity index (χ2n) is 3.74. The number of benzene rings is 1. The summed E-state index contributed by atoms with van der Waals surface area (Å²) in [5, 5.41) is 4.11. The van der Waals surface area contributed by atoms with Gasteiger partial charge >= 0.3 is 0 Å². The van der Waals surface area contributed by atoms with Crippen molar-refractivity contribution in [2.45, 2.75) is 13.8 Å². The summed E-state index contributed by atoms with van der Waals surface area (Å²) in [4.78, 5) is 4.09. The Hall–Kier alpha value is -2.50. The maximum Gasteiger partial charge on any atom is 0.260 e. The summed E-state index contributed by atoms with van der Waals surface area (Å²) in [7, 11) is 0. The Labute approximate surface area is 114 Å². The molecule has 0 aliphatic heterocycles. The van der Waals surface area contributed by atoms with Gasteiger partial charge in [0.1, 0.15) is 11.6 Å². The van der Waals surface area contributed by atoms with Gasteiger partial charge in [-0.25, -0.2) is 13.8 Å². The smallest absolute Gasteiger partial charge is 0.260 e. The van der Waals surface area contributed by atoms with Gasteiger partial charge in [-0.1, -0.05) is 19.0 Å². The summed E-state index contributed by atoms with van der Waals surface area (Å²) in [5.74, 6) is -1.10. The second kappa shape index (κ2) is 5.64. The van der Waals surface area contributed by atoms with Crippen molar-refractivity contribution >= 4 is 16.9 Å². The Morgan fingerprint density at radius 1 is 1.10 bits per heavy atom. The minimum atomic E-state index is -0.686. The first-order valence-electron chi connectivity index (χ1n) is 6.12. The summed E-state index contributed by atoms with van der Waals surface area (Å²) in [5.41, 5.74) is 6.28. The summed E-state index contributed by atoms with van der Waals surface area (Å²) >= 11 is 0. The van der Waals surface area contributed by atoms with Crippen molar-refractivity contribution in [3.63, 3.8) is 0 Å². The zero-order valence-electron chi connectivity index (χ0n) is 11.0. The first kappa shape index (κ1) is 13.9. The van der Waals surface area contributed by atoms with E-state index in [1.54, 1.807) is 12.1 Å². The number of fused-ring (bicyclic) bond motifs is 1. The van der Waals surface area contributed by atoms with Gasteiger partial charge in [0.2, 0.25) is 0 Å². The standard InChI is InChI=1S/C12H7F2N3O.C2H6/c13-6-1-2-7(9(14)5-6)10-4-3-8-11(15)17-18-12(8)16-10;1-2/h1-5H,(H2,15,17);1-2H3. The van der Waals surface area contributed by atoms with E-state index in [-0.39, 0.29) is 17.1 Å². The lowest BCUT2D eigenvalue weighted by molar-refractivity contribution is 0.453. The molecule has 0 bridgehead atoms. The van der Waals surface area contributed by atoms with Gasteiger partial charge in [0.25, 0.3) is 5.71 Å². The van der Waals surface area contributed by atoms with Crippen LogP contribution in [0, 0.1) is 11.6 Å². The lowest BCUT2D eigenvalue weighted by Gasteiger charge is -2.02. The van der Waals surface area contributed by atoms with Crippen molar-refractivity contribution in [1.29, 1.82) is 0 Å². The fourth-order valence-electron chi connectivity index (χ4n) is 1.69. The third kappa shape index (κ3) is 2.45. The van der Waals surface area contributed by atoms with Crippen molar-refractivity contribution < 1.29 is 13.3 Å². The molecule has 0 atom stereocenters. The number of hydrogen-bond donors (Lipinski definition) is 1. The highest BCUT2D eigenvalue weighted by Crippen LogP contribution is 2.26. The zero-order chi connectivity index (χ0) is 14.7. The molecule has 0 aliphatic carbocycles. The molecule has 0 saturated carbocycles. The van der Waals surface area contributed by atoms with Crippen molar-refractivity contribution in [1.82, 2.24) is 10.1 Å². The van der Waals surface area contributed by atoms with Crippen LogP contribution in [-0.4, -0.2) is 10.1 Å². The molecule has 6 heteroatoms. The number of anilines is 1. The van der Waals surface area contributed by atoms with E-state index in [0.29, 0.717) is 11.1 Å². The highest BCUT2D eigenvalue weighted by atomic mass is 19.1. The van der Waals surface area contributed by atoms with Gasteiger partial charge in [-0.15, -0.1) is 0 Å². The number of nitrogens with two attached hydrogens (primary N) is 1. The topological polar surface area (TPSA) is 64.9 Å². The molecular formula is C14H13F2N3O. The van der Waals surface area contributed by atoms with Crippen LogP contribution in [0.2, 0.25) is 0 Å². The lowest BCUT2D eigenvalue weighted by Crippen LogP contribution is -1.90. The molecule has 20 heavy (non-hydrogen) atoms. The van der Waals surface area contributed by atoms with Crippen LogP contribution >= 0.6 is 0 Å². The fourth-order valence-corrected chi connectivity index (χ4v) is 1.69. The molecule has 0 aliphatic rings. The van der Waals surface area contributed by atoms with Crippen molar-refractivity contribution in [3.8, 4) is 11.3 Å². The van der Waals surface area contributed by atoms with Gasteiger partial charge in [-0.05, 0) is 24.3 Å². The molecule has 0 spiro atoms. The van der Waals surface area contributed by atoms with E-state index in [9.17, 15) is 8.78 Å². The normalized spacial score (nSPS) is 10.2. The molecule has 4 nitrogen and oxygen atoms in total. The average molecular weight is 277 g/mol. The molecule has 2 aromatic heterocycles. The van der Waals surface area contributed by atoms with E-state index >= 15 is 0 Å². The molecule has 2 heterocycles. The summed E-state index contributed by atoms with van der Waals surface area (Å²) in [6.45, 7) is 4.00. The molecule has 0 unspecified atom stereocenters. The fraction of sp³-hybridized carbons (Fsp3) is 0.143. The first-order valence-corrected chi connectivity index (χ1v) is 6.12.